The molecule has 3 N–H and O–H groups in total. The minimum Gasteiger partial charge on any atom is -0.508 e. The van der Waals surface area contributed by atoms with E-state index in [1.807, 2.05) is 0 Å². The minimum atomic E-state index is -0.683. The summed E-state index contributed by atoms with van der Waals surface area (Å²) in [5, 5.41) is 14.8. The summed E-state index contributed by atoms with van der Waals surface area (Å²) in [5.41, 5.74) is 0.523. The molecule has 1 aromatic carbocycles. The normalized spacial score (nSPS) is 12.3. The molecule has 0 bridgehead atoms. The van der Waals surface area contributed by atoms with Crippen LogP contribution in [0.25, 0.3) is 11.4 Å². The number of carbonyl (C=O) groups excluding carboxylic acids is 2. The Kier molecular flexibility index (Phi) is 5.36. The highest BCUT2D eigenvalue weighted by atomic mass is 16.3. The Hall–Kier alpha value is -2.96. The number of rotatable bonds is 4. The lowest BCUT2D eigenvalue weighted by atomic mass is 9.95. The summed E-state index contributed by atoms with van der Waals surface area (Å²) in [4.78, 5) is 32.4. The van der Waals surface area contributed by atoms with Crippen molar-refractivity contribution in [2.24, 2.45) is 5.41 Å². The molecule has 0 radical (unpaired) electrons. The zero-order valence-corrected chi connectivity index (χ0v) is 14.7. The zero-order valence-electron chi connectivity index (χ0n) is 14.7. The molecule has 1 aromatic heterocycles. The van der Waals surface area contributed by atoms with Gasteiger partial charge in [-0.2, -0.15) is 0 Å². The Bertz CT molecular complexity index is 767. The van der Waals surface area contributed by atoms with Crippen molar-refractivity contribution in [3.05, 3.63) is 36.7 Å². The van der Waals surface area contributed by atoms with Crippen LogP contribution < -0.4 is 10.6 Å². The second-order valence-corrected chi connectivity index (χ2v) is 6.78. The molecular formula is C18H22N4O3. The molecule has 132 valence electrons. The Morgan fingerprint density at radius 2 is 1.80 bits per heavy atom. The molecule has 1 atom stereocenters. The van der Waals surface area contributed by atoms with E-state index >= 15 is 0 Å². The number of carbonyl (C=O) groups is 2. The molecule has 7 heteroatoms. The first-order chi connectivity index (χ1) is 11.7. The molecular weight excluding hydrogens is 320 g/mol. The Labute approximate surface area is 146 Å². The number of phenolic OH excluding ortho intramolecular Hbond substituents is 1. The number of nitrogens with one attached hydrogen (secondary N) is 2. The third-order valence-corrected chi connectivity index (χ3v) is 3.45. The summed E-state index contributed by atoms with van der Waals surface area (Å²) in [5.74, 6) is 0.00168. The van der Waals surface area contributed by atoms with Gasteiger partial charge in [0.2, 0.25) is 11.8 Å². The van der Waals surface area contributed by atoms with Gasteiger partial charge in [-0.25, -0.2) is 9.97 Å². The lowest BCUT2D eigenvalue weighted by Gasteiger charge is -2.21. The second-order valence-electron chi connectivity index (χ2n) is 6.78. The molecule has 7 nitrogen and oxygen atoms in total. The minimum absolute atomic E-state index is 0.127. The highest BCUT2D eigenvalue weighted by Gasteiger charge is 2.25. The van der Waals surface area contributed by atoms with Gasteiger partial charge >= 0.3 is 0 Å². The third-order valence-electron chi connectivity index (χ3n) is 3.45. The number of hydrogen-bond donors (Lipinski definition) is 3. The summed E-state index contributed by atoms with van der Waals surface area (Å²) in [7, 11) is 0. The molecule has 2 amide bonds. The SMILES string of the molecule is C[C@@H](NC(=O)C(C)(C)C)C(=O)Nc1cnc(-c2cccc(O)c2)nc1. The molecule has 0 saturated heterocycles. The van der Waals surface area contributed by atoms with Crippen molar-refractivity contribution in [2.75, 3.05) is 5.32 Å². The van der Waals surface area contributed by atoms with Crippen molar-refractivity contribution < 1.29 is 14.7 Å². The standard InChI is InChI=1S/C18H22N4O3/c1-11(21-17(25)18(2,3)4)16(24)22-13-9-19-15(20-10-13)12-6-5-7-14(23)8-12/h5-11,23H,1-4H3,(H,21,25)(H,22,24)/t11-/m1/s1. The van der Waals surface area contributed by atoms with Crippen LogP contribution >= 0.6 is 0 Å². The number of phenols is 1. The van der Waals surface area contributed by atoms with Crippen molar-refractivity contribution in [1.82, 2.24) is 15.3 Å². The van der Waals surface area contributed by atoms with Crippen LogP contribution in [0, 0.1) is 5.41 Å². The highest BCUT2D eigenvalue weighted by Crippen LogP contribution is 2.20. The zero-order chi connectivity index (χ0) is 18.6. The van der Waals surface area contributed by atoms with E-state index in [0.29, 0.717) is 17.1 Å². The van der Waals surface area contributed by atoms with Crippen LogP contribution in [-0.4, -0.2) is 32.9 Å². The molecule has 0 aliphatic heterocycles. The van der Waals surface area contributed by atoms with E-state index in [9.17, 15) is 14.7 Å². The van der Waals surface area contributed by atoms with Crippen LogP contribution in [0.2, 0.25) is 0 Å². The van der Waals surface area contributed by atoms with Crippen molar-refractivity contribution in [3.8, 4) is 17.1 Å². The van der Waals surface area contributed by atoms with Crippen molar-refractivity contribution in [1.29, 1.82) is 0 Å². The molecule has 0 saturated carbocycles. The molecule has 25 heavy (non-hydrogen) atoms. The van der Waals surface area contributed by atoms with E-state index in [4.69, 9.17) is 0 Å². The second kappa shape index (κ2) is 7.29. The molecule has 0 unspecified atom stereocenters. The fraction of sp³-hybridized carbons (Fsp3) is 0.333. The van der Waals surface area contributed by atoms with Crippen molar-refractivity contribution in [2.45, 2.75) is 33.7 Å². The van der Waals surface area contributed by atoms with Crippen LogP contribution in [0.3, 0.4) is 0 Å². The maximum absolute atomic E-state index is 12.2. The molecule has 2 aromatic rings. The molecule has 2 rings (SSSR count). The number of hydrogen-bond acceptors (Lipinski definition) is 5. The average Bonchev–Trinajstić information content (AvgIpc) is 2.54. The molecule has 0 fully saturated rings. The van der Waals surface area contributed by atoms with Crippen LogP contribution in [0.4, 0.5) is 5.69 Å². The van der Waals surface area contributed by atoms with E-state index in [2.05, 4.69) is 20.6 Å². The van der Waals surface area contributed by atoms with Gasteiger partial charge in [0.25, 0.3) is 0 Å². The summed E-state index contributed by atoms with van der Waals surface area (Å²) < 4.78 is 0. The maximum atomic E-state index is 12.2. The predicted molar refractivity (Wildman–Crippen MR) is 94.8 cm³/mol. The average molecular weight is 342 g/mol. The fourth-order valence-corrected chi connectivity index (χ4v) is 1.92. The quantitative estimate of drug-likeness (QED) is 0.791. The first-order valence-corrected chi connectivity index (χ1v) is 7.90. The van der Waals surface area contributed by atoms with Gasteiger partial charge in [0, 0.05) is 11.0 Å². The highest BCUT2D eigenvalue weighted by molar-refractivity contribution is 5.97. The smallest absolute Gasteiger partial charge is 0.246 e. The largest absolute Gasteiger partial charge is 0.508 e. The number of amides is 2. The van der Waals surface area contributed by atoms with Crippen LogP contribution in [0.15, 0.2) is 36.7 Å². The Morgan fingerprint density at radius 3 is 2.36 bits per heavy atom. The van der Waals surface area contributed by atoms with E-state index in [-0.39, 0.29) is 17.6 Å². The van der Waals surface area contributed by atoms with Gasteiger partial charge < -0.3 is 15.7 Å². The van der Waals surface area contributed by atoms with E-state index in [1.165, 1.54) is 12.4 Å². The van der Waals surface area contributed by atoms with Gasteiger partial charge in [-0.3, -0.25) is 9.59 Å². The summed E-state index contributed by atoms with van der Waals surface area (Å²) in [6.07, 6.45) is 2.95. The van der Waals surface area contributed by atoms with Crippen molar-refractivity contribution in [3.63, 3.8) is 0 Å². The van der Waals surface area contributed by atoms with Gasteiger partial charge in [0.1, 0.15) is 11.8 Å². The summed E-state index contributed by atoms with van der Waals surface area (Å²) >= 11 is 0. The number of aromatic nitrogens is 2. The topological polar surface area (TPSA) is 104 Å². The first-order valence-electron chi connectivity index (χ1n) is 7.90. The number of anilines is 1. The van der Waals surface area contributed by atoms with Crippen LogP contribution in [0.1, 0.15) is 27.7 Å². The van der Waals surface area contributed by atoms with E-state index < -0.39 is 11.5 Å². The van der Waals surface area contributed by atoms with Gasteiger partial charge in [0.15, 0.2) is 5.82 Å². The van der Waals surface area contributed by atoms with E-state index in [1.54, 1.807) is 52.0 Å². The monoisotopic (exact) mass is 342 g/mol. The predicted octanol–water partition coefficient (Wildman–Crippen LogP) is 2.34. The van der Waals surface area contributed by atoms with Gasteiger partial charge in [-0.15, -0.1) is 0 Å². The molecule has 0 aliphatic carbocycles. The van der Waals surface area contributed by atoms with Gasteiger partial charge in [-0.05, 0) is 19.1 Å². The Balaban J connectivity index is 2.01. The van der Waals surface area contributed by atoms with Crippen LogP contribution in [0.5, 0.6) is 5.75 Å². The molecule has 0 aliphatic rings. The van der Waals surface area contributed by atoms with Crippen molar-refractivity contribution >= 4 is 17.5 Å². The number of aromatic hydroxyl groups is 1. The molecule has 0 spiro atoms. The lowest BCUT2D eigenvalue weighted by molar-refractivity contribution is -0.131. The Morgan fingerprint density at radius 1 is 1.16 bits per heavy atom. The fourth-order valence-electron chi connectivity index (χ4n) is 1.92. The molecule has 1 heterocycles. The third kappa shape index (κ3) is 5.00. The first kappa shape index (κ1) is 18.4. The van der Waals surface area contributed by atoms with Gasteiger partial charge in [0.05, 0.1) is 18.1 Å². The van der Waals surface area contributed by atoms with Crippen LogP contribution in [-0.2, 0) is 9.59 Å². The lowest BCUT2D eigenvalue weighted by Crippen LogP contribution is -2.46. The van der Waals surface area contributed by atoms with Gasteiger partial charge in [-0.1, -0.05) is 32.9 Å². The number of benzene rings is 1. The summed E-state index contributed by atoms with van der Waals surface area (Å²) in [6.45, 7) is 6.95. The number of nitrogens with zero attached hydrogens (tertiary/aromatic N) is 2. The summed E-state index contributed by atoms with van der Waals surface area (Å²) in [6, 6.07) is 5.90. The maximum Gasteiger partial charge on any atom is 0.246 e. The van der Waals surface area contributed by atoms with E-state index in [0.717, 1.165) is 0 Å².